The zero-order valence-electron chi connectivity index (χ0n) is 12.7. The smallest absolute Gasteiger partial charge is 0.164 e. The predicted molar refractivity (Wildman–Crippen MR) is 79.5 cm³/mol. The standard InChI is InChI=1S/C17H24FNO/c1-12-5-4-9-19(14(12)3)10-8-17(20)15-7-6-13(2)16(18)11-15/h6-7,11-12,14H,4-5,8-10H2,1-3H3. The quantitative estimate of drug-likeness (QED) is 0.780. The van der Waals surface area contributed by atoms with E-state index in [9.17, 15) is 9.18 Å². The molecule has 0 aliphatic carbocycles. The Bertz CT molecular complexity index is 486. The third-order valence-corrected chi connectivity index (χ3v) is 4.62. The van der Waals surface area contributed by atoms with E-state index in [1.807, 2.05) is 0 Å². The number of nitrogens with zero attached hydrogens (tertiary/aromatic N) is 1. The van der Waals surface area contributed by atoms with Crippen LogP contribution in [0, 0.1) is 18.7 Å². The molecule has 2 unspecified atom stereocenters. The first-order chi connectivity index (χ1) is 9.49. The van der Waals surface area contributed by atoms with Crippen LogP contribution in [0.2, 0.25) is 0 Å². The molecule has 0 N–H and O–H groups in total. The van der Waals surface area contributed by atoms with E-state index in [1.54, 1.807) is 19.1 Å². The predicted octanol–water partition coefficient (Wildman–Crippen LogP) is 3.83. The second-order valence-corrected chi connectivity index (χ2v) is 6.03. The molecule has 0 saturated carbocycles. The van der Waals surface area contributed by atoms with Crippen LogP contribution in [-0.4, -0.2) is 29.8 Å². The monoisotopic (exact) mass is 277 g/mol. The third kappa shape index (κ3) is 3.45. The fourth-order valence-corrected chi connectivity index (χ4v) is 2.89. The van der Waals surface area contributed by atoms with Crippen LogP contribution in [0.4, 0.5) is 4.39 Å². The number of rotatable bonds is 4. The van der Waals surface area contributed by atoms with Gasteiger partial charge in [-0.2, -0.15) is 0 Å². The normalized spacial score (nSPS) is 23.8. The molecule has 1 heterocycles. The van der Waals surface area contributed by atoms with Crippen LogP contribution in [0.3, 0.4) is 0 Å². The largest absolute Gasteiger partial charge is 0.300 e. The Balaban J connectivity index is 1.93. The molecule has 1 aliphatic heterocycles. The highest BCUT2D eigenvalue weighted by Crippen LogP contribution is 2.23. The molecular weight excluding hydrogens is 253 g/mol. The lowest BCUT2D eigenvalue weighted by Gasteiger charge is -2.37. The molecule has 1 saturated heterocycles. The molecule has 1 aliphatic rings. The van der Waals surface area contributed by atoms with E-state index in [0.29, 0.717) is 29.5 Å². The summed E-state index contributed by atoms with van der Waals surface area (Å²) < 4.78 is 13.5. The van der Waals surface area contributed by atoms with Gasteiger partial charge in [0.2, 0.25) is 0 Å². The number of likely N-dealkylation sites (tertiary alicyclic amines) is 1. The van der Waals surface area contributed by atoms with Crippen LogP contribution in [0.1, 0.15) is 49.0 Å². The number of hydrogen-bond acceptors (Lipinski definition) is 2. The molecule has 20 heavy (non-hydrogen) atoms. The first kappa shape index (κ1) is 15.2. The van der Waals surface area contributed by atoms with Gasteiger partial charge in [0.15, 0.2) is 5.78 Å². The van der Waals surface area contributed by atoms with Crippen molar-refractivity contribution in [2.75, 3.05) is 13.1 Å². The Morgan fingerprint density at radius 1 is 1.40 bits per heavy atom. The second kappa shape index (κ2) is 6.49. The molecule has 1 aromatic rings. The van der Waals surface area contributed by atoms with Crippen molar-refractivity contribution in [3.05, 3.63) is 35.1 Å². The van der Waals surface area contributed by atoms with Crippen molar-refractivity contribution in [2.24, 2.45) is 5.92 Å². The van der Waals surface area contributed by atoms with Crippen LogP contribution in [-0.2, 0) is 0 Å². The van der Waals surface area contributed by atoms with Crippen LogP contribution in [0.15, 0.2) is 18.2 Å². The summed E-state index contributed by atoms with van der Waals surface area (Å²) in [6.45, 7) is 8.06. The summed E-state index contributed by atoms with van der Waals surface area (Å²) in [7, 11) is 0. The number of hydrogen-bond donors (Lipinski definition) is 0. The van der Waals surface area contributed by atoms with Crippen molar-refractivity contribution >= 4 is 5.78 Å². The molecule has 0 spiro atoms. The summed E-state index contributed by atoms with van der Waals surface area (Å²) in [5.41, 5.74) is 1.07. The van der Waals surface area contributed by atoms with Gasteiger partial charge in [0.25, 0.3) is 0 Å². The van der Waals surface area contributed by atoms with Crippen molar-refractivity contribution in [1.82, 2.24) is 4.90 Å². The fourth-order valence-electron chi connectivity index (χ4n) is 2.89. The SMILES string of the molecule is Cc1ccc(C(=O)CCN2CCCC(C)C2C)cc1F. The van der Waals surface area contributed by atoms with Gasteiger partial charge in [0.05, 0.1) is 0 Å². The number of piperidine rings is 1. The summed E-state index contributed by atoms with van der Waals surface area (Å²) in [5.74, 6) is 0.431. The highest BCUT2D eigenvalue weighted by Gasteiger charge is 2.24. The van der Waals surface area contributed by atoms with Gasteiger partial charge in [-0.15, -0.1) is 0 Å². The first-order valence-electron chi connectivity index (χ1n) is 7.52. The molecule has 1 fully saturated rings. The minimum Gasteiger partial charge on any atom is -0.300 e. The molecule has 3 heteroatoms. The summed E-state index contributed by atoms with van der Waals surface area (Å²) >= 11 is 0. The van der Waals surface area contributed by atoms with Gasteiger partial charge < -0.3 is 0 Å². The van der Waals surface area contributed by atoms with Gasteiger partial charge in [-0.25, -0.2) is 4.39 Å². The molecule has 110 valence electrons. The molecule has 2 rings (SSSR count). The van der Waals surface area contributed by atoms with E-state index in [2.05, 4.69) is 18.7 Å². The Morgan fingerprint density at radius 3 is 2.85 bits per heavy atom. The maximum Gasteiger partial charge on any atom is 0.164 e. The molecule has 0 radical (unpaired) electrons. The number of benzene rings is 1. The van der Waals surface area contributed by atoms with Crippen LogP contribution in [0.25, 0.3) is 0 Å². The van der Waals surface area contributed by atoms with E-state index in [1.165, 1.54) is 18.9 Å². The zero-order chi connectivity index (χ0) is 14.7. The zero-order valence-corrected chi connectivity index (χ0v) is 12.7. The average molecular weight is 277 g/mol. The summed E-state index contributed by atoms with van der Waals surface area (Å²) in [5, 5.41) is 0. The van der Waals surface area contributed by atoms with Gasteiger partial charge in [0.1, 0.15) is 5.82 Å². The highest BCUT2D eigenvalue weighted by atomic mass is 19.1. The molecule has 2 nitrogen and oxygen atoms in total. The first-order valence-corrected chi connectivity index (χ1v) is 7.52. The Hall–Kier alpha value is -1.22. The van der Waals surface area contributed by atoms with Gasteiger partial charge in [-0.3, -0.25) is 9.69 Å². The molecule has 0 bridgehead atoms. The number of ketones is 1. The van der Waals surface area contributed by atoms with Crippen molar-refractivity contribution in [3.63, 3.8) is 0 Å². The number of carbonyl (C=O) groups excluding carboxylic acids is 1. The van der Waals surface area contributed by atoms with Gasteiger partial charge in [-0.1, -0.05) is 19.1 Å². The van der Waals surface area contributed by atoms with E-state index >= 15 is 0 Å². The topological polar surface area (TPSA) is 20.3 Å². The second-order valence-electron chi connectivity index (χ2n) is 6.03. The van der Waals surface area contributed by atoms with E-state index in [-0.39, 0.29) is 11.6 Å². The van der Waals surface area contributed by atoms with Crippen LogP contribution < -0.4 is 0 Å². The van der Waals surface area contributed by atoms with Crippen molar-refractivity contribution in [3.8, 4) is 0 Å². The van der Waals surface area contributed by atoms with Gasteiger partial charge >= 0.3 is 0 Å². The molecular formula is C17H24FNO. The lowest BCUT2D eigenvalue weighted by Crippen LogP contribution is -2.43. The lowest BCUT2D eigenvalue weighted by molar-refractivity contribution is 0.0877. The van der Waals surface area contributed by atoms with E-state index in [0.717, 1.165) is 13.1 Å². The van der Waals surface area contributed by atoms with Crippen LogP contribution in [0.5, 0.6) is 0 Å². The molecule has 0 aromatic heterocycles. The molecule has 2 atom stereocenters. The third-order valence-electron chi connectivity index (χ3n) is 4.62. The number of carbonyl (C=O) groups is 1. The maximum atomic E-state index is 13.5. The minimum atomic E-state index is -0.296. The summed E-state index contributed by atoms with van der Waals surface area (Å²) in [4.78, 5) is 14.5. The number of Topliss-reactive ketones (excluding diaryl/α,β-unsaturated/α-hetero) is 1. The van der Waals surface area contributed by atoms with E-state index in [4.69, 9.17) is 0 Å². The highest BCUT2D eigenvalue weighted by molar-refractivity contribution is 5.96. The molecule has 1 aromatic carbocycles. The number of halogens is 1. The molecule has 0 amide bonds. The maximum absolute atomic E-state index is 13.5. The van der Waals surface area contributed by atoms with Gasteiger partial charge in [-0.05, 0) is 50.8 Å². The van der Waals surface area contributed by atoms with E-state index < -0.39 is 0 Å². The lowest BCUT2D eigenvalue weighted by atomic mass is 9.92. The van der Waals surface area contributed by atoms with Gasteiger partial charge in [0, 0.05) is 24.6 Å². The fraction of sp³-hybridized carbons (Fsp3) is 0.588. The van der Waals surface area contributed by atoms with Crippen molar-refractivity contribution in [1.29, 1.82) is 0 Å². The van der Waals surface area contributed by atoms with Crippen molar-refractivity contribution in [2.45, 2.75) is 46.1 Å². The summed E-state index contributed by atoms with van der Waals surface area (Å²) in [6.07, 6.45) is 2.95. The Morgan fingerprint density at radius 2 is 2.15 bits per heavy atom. The van der Waals surface area contributed by atoms with Crippen LogP contribution >= 0.6 is 0 Å². The average Bonchev–Trinajstić information content (AvgIpc) is 2.43. The van der Waals surface area contributed by atoms with Crippen molar-refractivity contribution < 1.29 is 9.18 Å². The minimum absolute atomic E-state index is 0.0364. The summed E-state index contributed by atoms with van der Waals surface area (Å²) in [6, 6.07) is 5.29. The number of aryl methyl sites for hydroxylation is 1. The Kier molecular flexibility index (Phi) is 4.92. The Labute approximate surface area is 121 Å².